The molecule has 0 aliphatic rings. The van der Waals surface area contributed by atoms with E-state index in [0.29, 0.717) is 5.82 Å². The van der Waals surface area contributed by atoms with Gasteiger partial charge >= 0.3 is 5.97 Å². The van der Waals surface area contributed by atoms with Gasteiger partial charge in [0.15, 0.2) is 5.69 Å². The summed E-state index contributed by atoms with van der Waals surface area (Å²) < 4.78 is 5.31. The van der Waals surface area contributed by atoms with Crippen molar-refractivity contribution in [3.63, 3.8) is 0 Å². The third-order valence-electron chi connectivity index (χ3n) is 2.73. The van der Waals surface area contributed by atoms with Gasteiger partial charge in [0.05, 0.1) is 18.8 Å². The predicted octanol–water partition coefficient (Wildman–Crippen LogP) is 2.98. The van der Waals surface area contributed by atoms with E-state index < -0.39 is 5.60 Å². The summed E-state index contributed by atoms with van der Waals surface area (Å²) in [4.78, 5) is 19.9. The highest BCUT2D eigenvalue weighted by atomic mass is 16.6. The van der Waals surface area contributed by atoms with Gasteiger partial charge in [0.2, 0.25) is 0 Å². The summed E-state index contributed by atoms with van der Waals surface area (Å²) in [6.07, 6.45) is 3.08. The van der Waals surface area contributed by atoms with Crippen molar-refractivity contribution in [3.05, 3.63) is 47.9 Å². The second-order valence-corrected chi connectivity index (χ2v) is 5.99. The van der Waals surface area contributed by atoms with Crippen molar-refractivity contribution in [2.24, 2.45) is 0 Å². The second-order valence-electron chi connectivity index (χ2n) is 5.99. The predicted molar refractivity (Wildman–Crippen MR) is 86.0 cm³/mol. The Kier molecular flexibility index (Phi) is 4.91. The Morgan fingerprint density at radius 3 is 2.70 bits per heavy atom. The van der Waals surface area contributed by atoms with Gasteiger partial charge in [-0.15, -0.1) is 0 Å². The SMILES string of the molecule is CC(C)(C)OC(=O)Cc1cccc(Nc2cnc(C#N)cn2)c1. The highest BCUT2D eigenvalue weighted by Crippen LogP contribution is 2.17. The fourth-order valence-corrected chi connectivity index (χ4v) is 1.90. The van der Waals surface area contributed by atoms with Crippen LogP contribution in [0.2, 0.25) is 0 Å². The molecule has 2 aromatic rings. The lowest BCUT2D eigenvalue weighted by atomic mass is 10.1. The van der Waals surface area contributed by atoms with Gasteiger partial charge in [-0.2, -0.15) is 5.26 Å². The van der Waals surface area contributed by atoms with E-state index in [9.17, 15) is 4.79 Å². The van der Waals surface area contributed by atoms with Crippen LogP contribution >= 0.6 is 0 Å². The zero-order valence-electron chi connectivity index (χ0n) is 13.3. The highest BCUT2D eigenvalue weighted by Gasteiger charge is 2.16. The first kappa shape index (κ1) is 16.4. The smallest absolute Gasteiger partial charge is 0.310 e. The second kappa shape index (κ2) is 6.88. The lowest BCUT2D eigenvalue weighted by Gasteiger charge is -2.19. The molecule has 0 fully saturated rings. The number of hydrogen-bond acceptors (Lipinski definition) is 6. The van der Waals surface area contributed by atoms with Crippen LogP contribution in [0.25, 0.3) is 0 Å². The van der Waals surface area contributed by atoms with Crippen molar-refractivity contribution >= 4 is 17.5 Å². The summed E-state index contributed by atoms with van der Waals surface area (Å²) in [5.41, 5.74) is 1.38. The monoisotopic (exact) mass is 310 g/mol. The minimum Gasteiger partial charge on any atom is -0.460 e. The van der Waals surface area contributed by atoms with E-state index in [-0.39, 0.29) is 18.1 Å². The molecule has 0 atom stereocenters. The number of nitriles is 1. The normalized spacial score (nSPS) is 10.7. The number of rotatable bonds is 4. The van der Waals surface area contributed by atoms with Crippen LogP contribution in [0.1, 0.15) is 32.0 Å². The number of hydrogen-bond donors (Lipinski definition) is 1. The number of benzene rings is 1. The molecule has 1 aromatic heterocycles. The number of anilines is 2. The van der Waals surface area contributed by atoms with Crippen molar-refractivity contribution in [2.75, 3.05) is 5.32 Å². The van der Waals surface area contributed by atoms with Crippen LogP contribution in [0.5, 0.6) is 0 Å². The summed E-state index contributed by atoms with van der Waals surface area (Å²) in [5.74, 6) is 0.256. The third kappa shape index (κ3) is 5.40. The van der Waals surface area contributed by atoms with Gasteiger partial charge in [-0.25, -0.2) is 9.97 Å². The Morgan fingerprint density at radius 2 is 2.09 bits per heavy atom. The maximum absolute atomic E-state index is 11.9. The van der Waals surface area contributed by atoms with Gasteiger partial charge in [0, 0.05) is 5.69 Å². The molecule has 23 heavy (non-hydrogen) atoms. The van der Waals surface area contributed by atoms with E-state index in [1.807, 2.05) is 51.1 Å². The van der Waals surface area contributed by atoms with Crippen LogP contribution in [0.3, 0.4) is 0 Å². The summed E-state index contributed by atoms with van der Waals surface area (Å²) in [7, 11) is 0. The largest absolute Gasteiger partial charge is 0.460 e. The lowest BCUT2D eigenvalue weighted by Crippen LogP contribution is -2.24. The van der Waals surface area contributed by atoms with E-state index in [4.69, 9.17) is 10.00 Å². The fraction of sp³-hybridized carbons (Fsp3) is 0.294. The first-order valence-electron chi connectivity index (χ1n) is 7.16. The van der Waals surface area contributed by atoms with Gasteiger partial charge in [-0.3, -0.25) is 4.79 Å². The summed E-state index contributed by atoms with van der Waals surface area (Å²) in [5, 5.41) is 11.8. The van der Waals surface area contributed by atoms with Crippen molar-refractivity contribution in [2.45, 2.75) is 32.8 Å². The molecule has 1 heterocycles. The van der Waals surface area contributed by atoms with E-state index >= 15 is 0 Å². The van der Waals surface area contributed by atoms with Gasteiger partial charge < -0.3 is 10.1 Å². The summed E-state index contributed by atoms with van der Waals surface area (Å²) >= 11 is 0. The maximum Gasteiger partial charge on any atom is 0.310 e. The Labute approximate surface area is 135 Å². The Morgan fingerprint density at radius 1 is 1.30 bits per heavy atom. The zero-order valence-corrected chi connectivity index (χ0v) is 13.3. The number of esters is 1. The van der Waals surface area contributed by atoms with Crippen LogP contribution in [0.15, 0.2) is 36.7 Å². The van der Waals surface area contributed by atoms with Gasteiger partial charge in [0.1, 0.15) is 17.5 Å². The van der Waals surface area contributed by atoms with Crippen molar-refractivity contribution in [1.29, 1.82) is 5.26 Å². The molecule has 1 aromatic carbocycles. The maximum atomic E-state index is 11.9. The number of carbonyl (C=O) groups excluding carboxylic acids is 1. The quantitative estimate of drug-likeness (QED) is 0.873. The standard InChI is InChI=1S/C17H18N4O2/c1-17(2,3)23-16(22)8-12-5-4-6-13(7-12)21-15-11-19-14(9-18)10-20-15/h4-7,10-11H,8H2,1-3H3,(H,20,21). The van der Waals surface area contributed by atoms with Crippen LogP contribution in [-0.2, 0) is 16.0 Å². The van der Waals surface area contributed by atoms with Gasteiger partial charge in [-0.05, 0) is 38.5 Å². The highest BCUT2D eigenvalue weighted by molar-refractivity contribution is 5.73. The summed E-state index contributed by atoms with van der Waals surface area (Å²) in [6, 6.07) is 9.33. The molecule has 0 saturated carbocycles. The summed E-state index contributed by atoms with van der Waals surface area (Å²) in [6.45, 7) is 5.52. The first-order valence-corrected chi connectivity index (χ1v) is 7.16. The molecule has 118 valence electrons. The van der Waals surface area contributed by atoms with Crippen LogP contribution in [-0.4, -0.2) is 21.5 Å². The van der Waals surface area contributed by atoms with Crippen molar-refractivity contribution < 1.29 is 9.53 Å². The van der Waals surface area contributed by atoms with Crippen LogP contribution in [0, 0.1) is 11.3 Å². The van der Waals surface area contributed by atoms with Crippen LogP contribution < -0.4 is 5.32 Å². The van der Waals surface area contributed by atoms with E-state index in [0.717, 1.165) is 11.3 Å². The number of nitrogens with one attached hydrogen (secondary N) is 1. The molecule has 1 N–H and O–H groups in total. The molecular formula is C17H18N4O2. The van der Waals surface area contributed by atoms with Crippen LogP contribution in [0.4, 0.5) is 11.5 Å². The Balaban J connectivity index is 2.04. The molecule has 0 aliphatic carbocycles. The number of carbonyl (C=O) groups is 1. The average molecular weight is 310 g/mol. The lowest BCUT2D eigenvalue weighted by molar-refractivity contribution is -0.153. The third-order valence-corrected chi connectivity index (χ3v) is 2.73. The Hall–Kier alpha value is -2.94. The average Bonchev–Trinajstić information content (AvgIpc) is 2.46. The molecular weight excluding hydrogens is 292 g/mol. The molecule has 6 nitrogen and oxygen atoms in total. The minimum absolute atomic E-state index is 0.200. The van der Waals surface area contributed by atoms with Gasteiger partial charge in [-0.1, -0.05) is 12.1 Å². The number of nitrogens with zero attached hydrogens (tertiary/aromatic N) is 3. The molecule has 2 rings (SSSR count). The topological polar surface area (TPSA) is 87.9 Å². The number of aromatic nitrogens is 2. The van der Waals surface area contributed by atoms with Crippen molar-refractivity contribution in [3.8, 4) is 6.07 Å². The van der Waals surface area contributed by atoms with Crippen molar-refractivity contribution in [1.82, 2.24) is 9.97 Å². The van der Waals surface area contributed by atoms with E-state index in [2.05, 4.69) is 15.3 Å². The molecule has 0 bridgehead atoms. The molecule has 0 aliphatic heterocycles. The van der Waals surface area contributed by atoms with E-state index in [1.54, 1.807) is 0 Å². The molecule has 0 amide bonds. The molecule has 0 saturated heterocycles. The zero-order chi connectivity index (χ0) is 16.9. The minimum atomic E-state index is -0.495. The fourth-order valence-electron chi connectivity index (χ4n) is 1.90. The molecule has 0 radical (unpaired) electrons. The molecule has 0 unspecified atom stereocenters. The first-order chi connectivity index (χ1) is 10.9. The van der Waals surface area contributed by atoms with Gasteiger partial charge in [0.25, 0.3) is 0 Å². The number of ether oxygens (including phenoxy) is 1. The Bertz CT molecular complexity index is 727. The van der Waals surface area contributed by atoms with E-state index in [1.165, 1.54) is 12.4 Å². The molecule has 6 heteroatoms. The molecule has 0 spiro atoms.